The van der Waals surface area contributed by atoms with E-state index in [1.807, 2.05) is 36.4 Å². The molecule has 0 saturated carbocycles. The molecule has 0 heterocycles. The van der Waals surface area contributed by atoms with Crippen molar-refractivity contribution in [3.05, 3.63) is 72.5 Å². The fraction of sp³-hybridized carbons (Fsp3) is 0.136. The molecule has 0 radical (unpaired) electrons. The summed E-state index contributed by atoms with van der Waals surface area (Å²) in [6, 6.07) is 18.4. The van der Waals surface area contributed by atoms with Crippen molar-refractivity contribution in [2.75, 3.05) is 17.2 Å². The monoisotopic (exact) mass is 394 g/mol. The molecule has 7 heteroatoms. The summed E-state index contributed by atoms with van der Waals surface area (Å²) >= 11 is 0. The van der Waals surface area contributed by atoms with Gasteiger partial charge in [0, 0.05) is 23.2 Å². The summed E-state index contributed by atoms with van der Waals surface area (Å²) in [5, 5.41) is 7.17. The van der Waals surface area contributed by atoms with Crippen LogP contribution in [-0.2, 0) is 19.1 Å². The van der Waals surface area contributed by atoms with E-state index in [1.165, 1.54) is 24.3 Å². The van der Waals surface area contributed by atoms with E-state index in [0.29, 0.717) is 11.4 Å². The number of rotatable bonds is 7. The van der Waals surface area contributed by atoms with Gasteiger partial charge in [0.1, 0.15) is 5.82 Å². The van der Waals surface area contributed by atoms with Crippen LogP contribution in [0.5, 0.6) is 0 Å². The molecule has 2 amide bonds. The molecule has 0 aliphatic rings. The number of amides is 2. The van der Waals surface area contributed by atoms with Gasteiger partial charge in [-0.2, -0.15) is 0 Å². The number of esters is 1. The van der Waals surface area contributed by atoms with Crippen LogP contribution in [0.1, 0.15) is 12.8 Å². The van der Waals surface area contributed by atoms with Crippen molar-refractivity contribution in [1.29, 1.82) is 0 Å². The zero-order valence-corrected chi connectivity index (χ0v) is 15.5. The molecule has 29 heavy (non-hydrogen) atoms. The van der Waals surface area contributed by atoms with Crippen molar-refractivity contribution in [1.82, 2.24) is 0 Å². The Kier molecular flexibility index (Phi) is 6.52. The van der Waals surface area contributed by atoms with E-state index in [0.717, 1.165) is 10.8 Å². The lowest BCUT2D eigenvalue weighted by atomic mass is 10.1. The fourth-order valence-electron chi connectivity index (χ4n) is 2.71. The second-order valence-electron chi connectivity index (χ2n) is 6.29. The first-order valence-electron chi connectivity index (χ1n) is 9.00. The quantitative estimate of drug-likeness (QED) is 0.596. The van der Waals surface area contributed by atoms with E-state index >= 15 is 0 Å². The molecule has 2 N–H and O–H groups in total. The van der Waals surface area contributed by atoms with Gasteiger partial charge in [-0.3, -0.25) is 14.4 Å². The molecule has 0 atom stereocenters. The number of benzene rings is 3. The van der Waals surface area contributed by atoms with Crippen LogP contribution in [0.15, 0.2) is 66.7 Å². The van der Waals surface area contributed by atoms with Gasteiger partial charge in [0.05, 0.1) is 6.42 Å². The van der Waals surface area contributed by atoms with Crippen LogP contribution < -0.4 is 10.6 Å². The molecule has 3 aromatic rings. The Hall–Kier alpha value is -3.74. The Labute approximate surface area is 166 Å². The highest BCUT2D eigenvalue weighted by Crippen LogP contribution is 2.23. The lowest BCUT2D eigenvalue weighted by Gasteiger charge is -2.09. The summed E-state index contributed by atoms with van der Waals surface area (Å²) in [7, 11) is 0. The summed E-state index contributed by atoms with van der Waals surface area (Å²) in [5.41, 5.74) is 1.06. The maximum atomic E-state index is 12.8. The van der Waals surface area contributed by atoms with Crippen molar-refractivity contribution in [2.45, 2.75) is 12.8 Å². The molecule has 0 unspecified atom stereocenters. The van der Waals surface area contributed by atoms with Crippen molar-refractivity contribution < 1.29 is 23.5 Å². The Bertz CT molecular complexity index is 1030. The number of carbonyl (C=O) groups excluding carboxylic acids is 3. The number of hydrogen-bond donors (Lipinski definition) is 2. The largest absolute Gasteiger partial charge is 0.456 e. The maximum Gasteiger partial charge on any atom is 0.306 e. The van der Waals surface area contributed by atoms with Gasteiger partial charge in [0.25, 0.3) is 5.91 Å². The van der Waals surface area contributed by atoms with Crippen molar-refractivity contribution >= 4 is 39.9 Å². The van der Waals surface area contributed by atoms with Crippen molar-refractivity contribution in [3.63, 3.8) is 0 Å². The number of anilines is 2. The molecule has 0 aromatic heterocycles. The molecular formula is C22H19FN2O4. The number of halogens is 1. The lowest BCUT2D eigenvalue weighted by Crippen LogP contribution is -2.21. The Morgan fingerprint density at radius 1 is 0.793 bits per heavy atom. The topological polar surface area (TPSA) is 84.5 Å². The van der Waals surface area contributed by atoms with Gasteiger partial charge in [0.15, 0.2) is 6.61 Å². The molecule has 0 aliphatic heterocycles. The van der Waals surface area contributed by atoms with Gasteiger partial charge in [0.2, 0.25) is 5.91 Å². The normalized spacial score (nSPS) is 10.4. The van der Waals surface area contributed by atoms with Crippen LogP contribution in [0.3, 0.4) is 0 Å². The molecule has 0 bridgehead atoms. The van der Waals surface area contributed by atoms with Crippen LogP contribution in [-0.4, -0.2) is 24.4 Å². The molecule has 0 fully saturated rings. The average Bonchev–Trinajstić information content (AvgIpc) is 2.73. The molecule has 148 valence electrons. The molecular weight excluding hydrogens is 375 g/mol. The minimum Gasteiger partial charge on any atom is -0.456 e. The number of fused-ring (bicyclic) bond motifs is 1. The van der Waals surface area contributed by atoms with E-state index in [9.17, 15) is 18.8 Å². The molecule has 0 saturated heterocycles. The first kappa shape index (κ1) is 20.0. The predicted octanol–water partition coefficient (Wildman–Crippen LogP) is 3.88. The zero-order valence-electron chi connectivity index (χ0n) is 15.5. The van der Waals surface area contributed by atoms with Gasteiger partial charge in [-0.15, -0.1) is 0 Å². The molecule has 3 rings (SSSR count). The van der Waals surface area contributed by atoms with Crippen LogP contribution in [0.2, 0.25) is 0 Å². The summed E-state index contributed by atoms with van der Waals surface area (Å²) in [6.45, 7) is -0.485. The van der Waals surface area contributed by atoms with E-state index in [-0.39, 0.29) is 18.7 Å². The minimum absolute atomic E-state index is 0.0678. The average molecular weight is 394 g/mol. The summed E-state index contributed by atoms with van der Waals surface area (Å²) in [4.78, 5) is 35.7. The summed E-state index contributed by atoms with van der Waals surface area (Å²) in [5.74, 6) is -1.96. The standard InChI is InChI=1S/C22H19FN2O4/c23-16-8-10-17(11-9-16)24-21(27)14-29-22(28)13-12-20(26)25-19-7-3-5-15-4-1-2-6-18(15)19/h1-11H,12-14H2,(H,24,27)(H,25,26). The zero-order chi connectivity index (χ0) is 20.6. The van der Waals surface area contributed by atoms with E-state index in [1.54, 1.807) is 6.07 Å². The van der Waals surface area contributed by atoms with Gasteiger partial charge < -0.3 is 15.4 Å². The number of hydrogen-bond acceptors (Lipinski definition) is 4. The van der Waals surface area contributed by atoms with Crippen molar-refractivity contribution in [2.24, 2.45) is 0 Å². The van der Waals surface area contributed by atoms with Crippen molar-refractivity contribution in [3.8, 4) is 0 Å². The minimum atomic E-state index is -0.660. The van der Waals surface area contributed by atoms with Crippen LogP contribution in [0, 0.1) is 5.82 Å². The number of ether oxygens (including phenoxy) is 1. The Balaban J connectivity index is 1.42. The highest BCUT2D eigenvalue weighted by molar-refractivity contribution is 6.02. The maximum absolute atomic E-state index is 12.8. The van der Waals surface area contributed by atoms with Crippen LogP contribution in [0.4, 0.5) is 15.8 Å². The van der Waals surface area contributed by atoms with E-state index in [2.05, 4.69) is 10.6 Å². The van der Waals surface area contributed by atoms with E-state index in [4.69, 9.17) is 4.74 Å². The van der Waals surface area contributed by atoms with Gasteiger partial charge in [-0.25, -0.2) is 4.39 Å². The van der Waals surface area contributed by atoms with Crippen LogP contribution in [0.25, 0.3) is 10.8 Å². The first-order valence-corrected chi connectivity index (χ1v) is 9.00. The third-order valence-electron chi connectivity index (χ3n) is 4.11. The smallest absolute Gasteiger partial charge is 0.306 e. The lowest BCUT2D eigenvalue weighted by molar-refractivity contribution is -0.147. The van der Waals surface area contributed by atoms with Gasteiger partial charge >= 0.3 is 5.97 Å². The number of carbonyl (C=O) groups is 3. The fourth-order valence-corrected chi connectivity index (χ4v) is 2.71. The Morgan fingerprint density at radius 2 is 1.52 bits per heavy atom. The second kappa shape index (κ2) is 9.45. The second-order valence-corrected chi connectivity index (χ2v) is 6.29. The summed E-state index contributed by atoms with van der Waals surface area (Å²) < 4.78 is 17.7. The molecule has 0 aliphatic carbocycles. The summed E-state index contributed by atoms with van der Waals surface area (Å²) in [6.07, 6.45) is -0.220. The Morgan fingerprint density at radius 3 is 2.31 bits per heavy atom. The SMILES string of the molecule is O=C(COC(=O)CCC(=O)Nc1cccc2ccccc12)Nc1ccc(F)cc1. The highest BCUT2D eigenvalue weighted by Gasteiger charge is 2.12. The third kappa shape index (κ3) is 5.87. The van der Waals surface area contributed by atoms with Gasteiger partial charge in [-0.05, 0) is 35.7 Å². The van der Waals surface area contributed by atoms with Crippen LogP contribution >= 0.6 is 0 Å². The third-order valence-corrected chi connectivity index (χ3v) is 4.11. The van der Waals surface area contributed by atoms with Gasteiger partial charge in [-0.1, -0.05) is 36.4 Å². The first-order chi connectivity index (χ1) is 14.0. The predicted molar refractivity (Wildman–Crippen MR) is 108 cm³/mol. The van der Waals surface area contributed by atoms with E-state index < -0.39 is 24.3 Å². The molecule has 6 nitrogen and oxygen atoms in total. The molecule has 0 spiro atoms. The molecule has 3 aromatic carbocycles. The number of nitrogens with one attached hydrogen (secondary N) is 2. The highest BCUT2D eigenvalue weighted by atomic mass is 19.1.